The Balaban J connectivity index is 1.66. The summed E-state index contributed by atoms with van der Waals surface area (Å²) in [5, 5.41) is 11.7. The van der Waals surface area contributed by atoms with E-state index in [1.165, 1.54) is 28.0 Å². The summed E-state index contributed by atoms with van der Waals surface area (Å²) >= 11 is 5.66. The second-order valence-electron chi connectivity index (χ2n) is 9.08. The minimum Gasteiger partial charge on any atom is -0.368 e. The first-order valence-electron chi connectivity index (χ1n) is 12.1. The lowest BCUT2D eigenvalue weighted by Gasteiger charge is -2.37. The Morgan fingerprint density at radius 3 is 1.84 bits per heavy atom. The number of thiocarbonyl (C=S) groups is 1. The van der Waals surface area contributed by atoms with Crippen molar-refractivity contribution in [3.8, 4) is 0 Å². The molecule has 2 fully saturated rings. The zero-order valence-corrected chi connectivity index (χ0v) is 21.5. The molecule has 192 valence electrons. The lowest BCUT2D eigenvalue weighted by Crippen LogP contribution is -2.56. The number of carbonyl (C=O) groups is 2. The molecular weight excluding hydrogens is 502 g/mol. The number of nitrogens with zero attached hydrogens (tertiary/aromatic N) is 5. The summed E-state index contributed by atoms with van der Waals surface area (Å²) in [4.78, 5) is 45.8. The summed E-state index contributed by atoms with van der Waals surface area (Å²) in [6.45, 7) is 3.07. The van der Waals surface area contributed by atoms with Gasteiger partial charge in [-0.15, -0.1) is 0 Å². The number of anilines is 3. The van der Waals surface area contributed by atoms with E-state index in [0.717, 1.165) is 18.8 Å². The molecule has 0 aliphatic carbocycles. The van der Waals surface area contributed by atoms with Crippen LogP contribution >= 0.6 is 12.2 Å². The van der Waals surface area contributed by atoms with Crippen molar-refractivity contribution in [1.82, 2.24) is 4.90 Å². The molecule has 10 heteroatoms. The van der Waals surface area contributed by atoms with E-state index in [4.69, 9.17) is 12.2 Å². The molecule has 0 atom stereocenters. The molecule has 2 aliphatic heterocycles. The maximum Gasteiger partial charge on any atom is 0.270 e. The Kier molecular flexibility index (Phi) is 6.99. The van der Waals surface area contributed by atoms with Crippen LogP contribution < -0.4 is 14.7 Å². The predicted molar refractivity (Wildman–Crippen MR) is 151 cm³/mol. The normalized spacial score (nSPS) is 16.7. The fraction of sp³-hybridized carbons (Fsp3) is 0.179. The number of rotatable bonds is 5. The quantitative estimate of drug-likeness (QED) is 0.162. The van der Waals surface area contributed by atoms with Crippen molar-refractivity contribution >= 4 is 58.0 Å². The third kappa shape index (κ3) is 4.79. The molecule has 2 aliphatic rings. The van der Waals surface area contributed by atoms with Gasteiger partial charge in [0, 0.05) is 49.6 Å². The summed E-state index contributed by atoms with van der Waals surface area (Å²) in [6.07, 6.45) is 1.46. The van der Waals surface area contributed by atoms with Crippen molar-refractivity contribution in [2.24, 2.45) is 0 Å². The van der Waals surface area contributed by atoms with Crippen LogP contribution in [-0.2, 0) is 9.59 Å². The summed E-state index contributed by atoms with van der Waals surface area (Å²) in [7, 11) is 2.04. The van der Waals surface area contributed by atoms with Crippen molar-refractivity contribution in [1.29, 1.82) is 0 Å². The zero-order chi connectivity index (χ0) is 26.8. The first-order chi connectivity index (χ1) is 18.3. The summed E-state index contributed by atoms with van der Waals surface area (Å²) in [5.41, 5.74) is 1.92. The van der Waals surface area contributed by atoms with E-state index in [2.05, 4.69) is 9.80 Å². The van der Waals surface area contributed by atoms with Crippen LogP contribution in [0.15, 0.2) is 84.4 Å². The molecule has 0 spiro atoms. The van der Waals surface area contributed by atoms with Gasteiger partial charge >= 0.3 is 0 Å². The molecule has 0 aromatic heterocycles. The van der Waals surface area contributed by atoms with E-state index in [9.17, 15) is 19.7 Å². The third-order valence-electron chi connectivity index (χ3n) is 6.64. The number of amides is 2. The number of likely N-dealkylation sites (N-methyl/N-ethyl adjacent to an activating group) is 1. The number of hydrogen-bond donors (Lipinski definition) is 0. The molecule has 2 heterocycles. The fourth-order valence-electron chi connectivity index (χ4n) is 4.60. The number of piperazine rings is 1. The highest BCUT2D eigenvalue weighted by molar-refractivity contribution is 7.81. The number of carbonyl (C=O) groups excluding carboxylic acids is 2. The fourth-order valence-corrected chi connectivity index (χ4v) is 4.98. The molecule has 2 amide bonds. The average Bonchev–Trinajstić information content (AvgIpc) is 2.93. The van der Waals surface area contributed by atoms with Gasteiger partial charge in [0.1, 0.15) is 5.57 Å². The molecule has 0 radical (unpaired) electrons. The molecule has 5 rings (SSSR count). The number of hydrogen-bond acceptors (Lipinski definition) is 7. The topological polar surface area (TPSA) is 90.2 Å². The van der Waals surface area contributed by atoms with Gasteiger partial charge in [-0.2, -0.15) is 0 Å². The lowest BCUT2D eigenvalue weighted by atomic mass is 10.0. The summed E-state index contributed by atoms with van der Waals surface area (Å²) in [6, 6.07) is 22.3. The van der Waals surface area contributed by atoms with Crippen molar-refractivity contribution in [2.45, 2.75) is 0 Å². The molecule has 3 aromatic rings. The molecular formula is C28H25N5O4S. The van der Waals surface area contributed by atoms with Crippen LogP contribution in [0.3, 0.4) is 0 Å². The average molecular weight is 528 g/mol. The van der Waals surface area contributed by atoms with E-state index in [1.54, 1.807) is 54.6 Å². The van der Waals surface area contributed by atoms with Gasteiger partial charge in [-0.05, 0) is 55.7 Å². The summed E-state index contributed by atoms with van der Waals surface area (Å²) < 4.78 is 0. The van der Waals surface area contributed by atoms with E-state index < -0.39 is 16.7 Å². The third-order valence-corrected chi connectivity index (χ3v) is 7.01. The standard InChI is InChI=1S/C28H25N5O4S/c1-29-14-16-30(17-15-29)25-13-12-23(33(36)37)18-20(25)19-24-26(34)31(21-8-4-2-5-9-21)28(38)32(27(24)35)22-10-6-3-7-11-22/h2-13,18-19H,14-17H2,1H3. The highest BCUT2D eigenvalue weighted by Gasteiger charge is 2.41. The van der Waals surface area contributed by atoms with Crippen molar-refractivity contribution in [3.05, 3.63) is 100 Å². The number of nitro benzene ring substituents is 1. The molecule has 0 unspecified atom stereocenters. The van der Waals surface area contributed by atoms with Gasteiger partial charge in [0.15, 0.2) is 5.11 Å². The molecule has 0 N–H and O–H groups in total. The molecule has 0 bridgehead atoms. The van der Waals surface area contributed by atoms with Crippen LogP contribution in [0.4, 0.5) is 22.7 Å². The molecule has 2 saturated heterocycles. The van der Waals surface area contributed by atoms with Crippen LogP contribution in [0.25, 0.3) is 6.08 Å². The molecule has 3 aromatic carbocycles. The van der Waals surface area contributed by atoms with Gasteiger partial charge in [0.25, 0.3) is 17.5 Å². The molecule has 9 nitrogen and oxygen atoms in total. The van der Waals surface area contributed by atoms with Crippen LogP contribution in [0.5, 0.6) is 0 Å². The van der Waals surface area contributed by atoms with Crippen LogP contribution in [0.1, 0.15) is 5.56 Å². The first-order valence-corrected chi connectivity index (χ1v) is 12.5. The second-order valence-corrected chi connectivity index (χ2v) is 9.45. The summed E-state index contributed by atoms with van der Waals surface area (Å²) in [5.74, 6) is -1.18. The molecule has 0 saturated carbocycles. The maximum absolute atomic E-state index is 13.8. The van der Waals surface area contributed by atoms with Gasteiger partial charge in [-0.25, -0.2) is 0 Å². The lowest BCUT2D eigenvalue weighted by molar-refractivity contribution is -0.384. The van der Waals surface area contributed by atoms with Gasteiger partial charge in [-0.1, -0.05) is 36.4 Å². The number of benzene rings is 3. The van der Waals surface area contributed by atoms with Crippen molar-refractivity contribution in [3.63, 3.8) is 0 Å². The highest BCUT2D eigenvalue weighted by Crippen LogP contribution is 2.33. The van der Waals surface area contributed by atoms with Gasteiger partial charge in [0.2, 0.25) is 0 Å². The van der Waals surface area contributed by atoms with Crippen LogP contribution in [0, 0.1) is 10.1 Å². The van der Waals surface area contributed by atoms with Gasteiger partial charge < -0.3 is 9.80 Å². The Morgan fingerprint density at radius 1 is 0.816 bits per heavy atom. The number of nitro groups is 1. The largest absolute Gasteiger partial charge is 0.368 e. The van der Waals surface area contributed by atoms with Crippen molar-refractivity contribution in [2.75, 3.05) is 47.9 Å². The number of para-hydroxylation sites is 2. The highest BCUT2D eigenvalue weighted by atomic mass is 32.1. The van der Waals surface area contributed by atoms with E-state index in [-0.39, 0.29) is 16.4 Å². The van der Waals surface area contributed by atoms with Crippen LogP contribution in [-0.4, -0.2) is 60.0 Å². The minimum atomic E-state index is -0.589. The minimum absolute atomic E-state index is 0.0351. The first kappa shape index (κ1) is 25.2. The number of non-ortho nitro benzene ring substituents is 1. The van der Waals surface area contributed by atoms with Gasteiger partial charge in [0.05, 0.1) is 16.3 Å². The Labute approximate surface area is 225 Å². The Bertz CT molecular complexity index is 1370. The Hall–Kier alpha value is -4.41. The SMILES string of the molecule is CN1CCN(c2ccc([N+](=O)[O-])cc2C=C2C(=O)N(c3ccccc3)C(=S)N(c3ccccc3)C2=O)CC1. The second kappa shape index (κ2) is 10.5. The Morgan fingerprint density at radius 2 is 1.34 bits per heavy atom. The van der Waals surface area contributed by atoms with E-state index in [1.807, 2.05) is 19.2 Å². The predicted octanol–water partition coefficient (Wildman–Crippen LogP) is 4.09. The van der Waals surface area contributed by atoms with Gasteiger partial charge in [-0.3, -0.25) is 29.5 Å². The van der Waals surface area contributed by atoms with E-state index >= 15 is 0 Å². The smallest absolute Gasteiger partial charge is 0.270 e. The maximum atomic E-state index is 13.8. The van der Waals surface area contributed by atoms with Crippen LogP contribution in [0.2, 0.25) is 0 Å². The van der Waals surface area contributed by atoms with E-state index in [0.29, 0.717) is 30.0 Å². The zero-order valence-electron chi connectivity index (χ0n) is 20.7. The molecule has 38 heavy (non-hydrogen) atoms. The monoisotopic (exact) mass is 527 g/mol. The van der Waals surface area contributed by atoms with Crippen molar-refractivity contribution < 1.29 is 14.5 Å².